The molecule has 4 rings (SSSR count). The highest BCUT2D eigenvalue weighted by atomic mass is 19.3. The fourth-order valence-electron chi connectivity index (χ4n) is 3.84. The van der Waals surface area contributed by atoms with Crippen LogP contribution >= 0.6 is 0 Å². The number of nitrogens with two attached hydrogens (primary N) is 1. The van der Waals surface area contributed by atoms with E-state index >= 15 is 0 Å². The van der Waals surface area contributed by atoms with E-state index < -0.39 is 29.9 Å². The zero-order valence-corrected chi connectivity index (χ0v) is 15.7. The van der Waals surface area contributed by atoms with Crippen molar-refractivity contribution in [3.8, 4) is 0 Å². The fourth-order valence-corrected chi connectivity index (χ4v) is 3.84. The van der Waals surface area contributed by atoms with Gasteiger partial charge in [-0.2, -0.15) is 0 Å². The van der Waals surface area contributed by atoms with Crippen LogP contribution in [-0.2, 0) is 16.0 Å². The molecule has 28 heavy (non-hydrogen) atoms. The lowest BCUT2D eigenvalue weighted by Crippen LogP contribution is -2.55. The Balaban J connectivity index is 1.55. The summed E-state index contributed by atoms with van der Waals surface area (Å²) in [6.45, 7) is 2.56. The Labute approximate surface area is 161 Å². The number of aromatic nitrogens is 1. The van der Waals surface area contributed by atoms with Gasteiger partial charge in [-0.3, -0.25) is 9.78 Å². The zero-order valence-electron chi connectivity index (χ0n) is 15.7. The molecule has 1 amide bonds. The predicted molar refractivity (Wildman–Crippen MR) is 102 cm³/mol. The van der Waals surface area contributed by atoms with E-state index in [0.29, 0.717) is 17.6 Å². The van der Waals surface area contributed by atoms with Crippen molar-refractivity contribution in [1.29, 1.82) is 0 Å². The number of nitrogens with zero attached hydrogens (tertiary/aromatic N) is 2. The molecule has 1 aliphatic carbocycles. The van der Waals surface area contributed by atoms with Crippen molar-refractivity contribution in [2.24, 2.45) is 22.6 Å². The molecule has 0 spiro atoms. The van der Waals surface area contributed by atoms with Gasteiger partial charge in [0, 0.05) is 23.4 Å². The van der Waals surface area contributed by atoms with E-state index in [1.807, 2.05) is 25.1 Å². The summed E-state index contributed by atoms with van der Waals surface area (Å²) in [5.41, 5.74) is 6.12. The van der Waals surface area contributed by atoms with Crippen LogP contribution in [-0.4, -0.2) is 35.0 Å². The second-order valence-corrected chi connectivity index (χ2v) is 7.60. The van der Waals surface area contributed by atoms with Crippen LogP contribution in [0.25, 0.3) is 10.9 Å². The zero-order chi connectivity index (χ0) is 20.1. The third-order valence-corrected chi connectivity index (χ3v) is 5.77. The Kier molecular flexibility index (Phi) is 4.24. The summed E-state index contributed by atoms with van der Waals surface area (Å²) in [6, 6.07) is 7.29. The maximum atomic E-state index is 14.4. The maximum absolute atomic E-state index is 14.4. The molecule has 2 heterocycles. The highest BCUT2D eigenvalue weighted by molar-refractivity contribution is 6.02. The summed E-state index contributed by atoms with van der Waals surface area (Å²) in [4.78, 5) is 21.1. The van der Waals surface area contributed by atoms with Gasteiger partial charge < -0.3 is 15.8 Å². The highest BCUT2D eigenvalue weighted by Gasteiger charge is 2.66. The van der Waals surface area contributed by atoms with Gasteiger partial charge in [-0.15, -0.1) is 0 Å². The van der Waals surface area contributed by atoms with Crippen LogP contribution in [0.3, 0.4) is 0 Å². The minimum Gasteiger partial charge on any atom is -0.459 e. The molecule has 0 radical (unpaired) electrons. The van der Waals surface area contributed by atoms with Crippen molar-refractivity contribution < 1.29 is 18.3 Å². The van der Waals surface area contributed by atoms with E-state index in [-0.39, 0.29) is 11.9 Å². The van der Waals surface area contributed by atoms with Crippen LogP contribution in [0.5, 0.6) is 0 Å². The third kappa shape index (κ3) is 2.96. The molecule has 2 aliphatic rings. The molecule has 8 heteroatoms. The van der Waals surface area contributed by atoms with E-state index in [1.54, 1.807) is 12.3 Å². The fraction of sp³-hybridized carbons (Fsp3) is 0.450. The molecule has 1 saturated carbocycles. The number of fused-ring (bicyclic) bond motifs is 1. The van der Waals surface area contributed by atoms with Crippen LogP contribution in [0, 0.1) is 11.8 Å². The Morgan fingerprint density at radius 3 is 2.96 bits per heavy atom. The van der Waals surface area contributed by atoms with E-state index in [2.05, 4.69) is 15.3 Å². The number of hydrogen-bond donors (Lipinski definition) is 2. The monoisotopic (exact) mass is 388 g/mol. The molecule has 3 atom stereocenters. The maximum Gasteiger partial charge on any atom is 0.306 e. The number of aryl methyl sites for hydroxylation is 1. The number of pyridine rings is 1. The van der Waals surface area contributed by atoms with Crippen molar-refractivity contribution in [2.45, 2.75) is 38.2 Å². The summed E-state index contributed by atoms with van der Waals surface area (Å²) >= 11 is 0. The number of carbonyl (C=O) groups excluding carboxylic acids is 1. The van der Waals surface area contributed by atoms with Crippen LogP contribution in [0.15, 0.2) is 35.5 Å². The van der Waals surface area contributed by atoms with Gasteiger partial charge in [0.2, 0.25) is 5.91 Å². The minimum atomic E-state index is -3.19. The normalized spacial score (nSPS) is 28.4. The number of ether oxygens (including phenoxy) is 1. The predicted octanol–water partition coefficient (Wildman–Crippen LogP) is 3.11. The number of halogens is 2. The number of benzene rings is 1. The largest absolute Gasteiger partial charge is 0.459 e. The van der Waals surface area contributed by atoms with Crippen molar-refractivity contribution in [3.05, 3.63) is 36.0 Å². The molecule has 0 saturated heterocycles. The molecule has 0 bridgehead atoms. The first-order valence-electron chi connectivity index (χ1n) is 9.29. The number of anilines is 1. The first-order chi connectivity index (χ1) is 13.2. The lowest BCUT2D eigenvalue weighted by Gasteiger charge is -2.37. The number of nitrogens with one attached hydrogen (secondary N) is 1. The van der Waals surface area contributed by atoms with Gasteiger partial charge >= 0.3 is 5.92 Å². The molecule has 3 N–H and O–H groups in total. The molecule has 6 nitrogen and oxygen atoms in total. The highest BCUT2D eigenvalue weighted by Crippen LogP contribution is 2.55. The quantitative estimate of drug-likeness (QED) is 0.842. The molecular formula is C20H22F2N4O2. The topological polar surface area (TPSA) is 89.6 Å². The first-order valence-corrected chi connectivity index (χ1v) is 9.29. The lowest BCUT2D eigenvalue weighted by molar-refractivity contribution is -0.127. The van der Waals surface area contributed by atoms with E-state index in [4.69, 9.17) is 10.5 Å². The number of rotatable bonds is 4. The molecule has 1 aliphatic heterocycles. The van der Waals surface area contributed by atoms with Crippen LogP contribution in [0.4, 0.5) is 14.5 Å². The van der Waals surface area contributed by atoms with Gasteiger partial charge in [0.1, 0.15) is 5.54 Å². The number of para-hydroxylation sites is 1. The Morgan fingerprint density at radius 2 is 2.21 bits per heavy atom. The van der Waals surface area contributed by atoms with Crippen LogP contribution in [0.2, 0.25) is 0 Å². The average molecular weight is 388 g/mol. The summed E-state index contributed by atoms with van der Waals surface area (Å²) in [6.07, 6.45) is 2.97. The molecule has 1 aromatic heterocycles. The van der Waals surface area contributed by atoms with Crippen molar-refractivity contribution in [2.75, 3.05) is 11.9 Å². The van der Waals surface area contributed by atoms with Gasteiger partial charge in [-0.05, 0) is 37.5 Å². The molecule has 1 aromatic carbocycles. The van der Waals surface area contributed by atoms with Gasteiger partial charge in [0.15, 0.2) is 6.61 Å². The van der Waals surface area contributed by atoms with Gasteiger partial charge in [0.05, 0.1) is 11.2 Å². The van der Waals surface area contributed by atoms with E-state index in [9.17, 15) is 13.6 Å². The summed E-state index contributed by atoms with van der Waals surface area (Å²) < 4.78 is 33.6. The Hall–Kier alpha value is -2.77. The number of aliphatic imine (C=N–C) groups is 1. The number of alkyl halides is 2. The average Bonchev–Trinajstić information content (AvgIpc) is 3.47. The van der Waals surface area contributed by atoms with Crippen molar-refractivity contribution in [1.82, 2.24) is 4.98 Å². The standard InChI is InChI=1S/C20H22F2N4O2/c1-3-11-7-12-5-4-6-15(16(12)24-9-11)25-17(27)13-8-14(13)19(2)20(21,22)10-28-18(23)26-19/h4-7,9,13-14H,3,8,10H2,1-2H3,(H2,23,26)(H,25,27)/t13?,14?,19-/m1/s1. The summed E-state index contributed by atoms with van der Waals surface area (Å²) in [5.74, 6) is -4.65. The van der Waals surface area contributed by atoms with Gasteiger partial charge in [-0.1, -0.05) is 19.1 Å². The SMILES string of the molecule is CCc1cnc2c(NC(=O)C3CC3[C@@]3(C)N=C(N)OCC3(F)F)cccc2c1. The van der Waals surface area contributed by atoms with Crippen LogP contribution in [0.1, 0.15) is 25.8 Å². The van der Waals surface area contributed by atoms with Crippen molar-refractivity contribution >= 4 is 28.5 Å². The molecule has 148 valence electrons. The Morgan fingerprint density at radius 1 is 1.43 bits per heavy atom. The van der Waals surface area contributed by atoms with E-state index in [0.717, 1.165) is 17.4 Å². The van der Waals surface area contributed by atoms with Crippen LogP contribution < -0.4 is 11.1 Å². The summed E-state index contributed by atoms with van der Waals surface area (Å²) in [7, 11) is 0. The molecule has 1 fully saturated rings. The molecular weight excluding hydrogens is 366 g/mol. The molecule has 2 unspecified atom stereocenters. The third-order valence-electron chi connectivity index (χ3n) is 5.77. The lowest BCUT2D eigenvalue weighted by atomic mass is 9.87. The smallest absolute Gasteiger partial charge is 0.306 e. The van der Waals surface area contributed by atoms with Gasteiger partial charge in [-0.25, -0.2) is 13.8 Å². The molecule has 2 aromatic rings. The second kappa shape index (κ2) is 6.39. The first kappa shape index (κ1) is 18.6. The number of amides is 1. The minimum absolute atomic E-state index is 0.260. The van der Waals surface area contributed by atoms with E-state index in [1.165, 1.54) is 6.92 Å². The number of amidine groups is 1. The number of carbonyl (C=O) groups is 1. The number of hydrogen-bond acceptors (Lipinski definition) is 5. The summed E-state index contributed by atoms with van der Waals surface area (Å²) in [5, 5.41) is 3.77. The second-order valence-electron chi connectivity index (χ2n) is 7.60. The van der Waals surface area contributed by atoms with Gasteiger partial charge in [0.25, 0.3) is 6.02 Å². The van der Waals surface area contributed by atoms with Crippen molar-refractivity contribution in [3.63, 3.8) is 0 Å². The Bertz CT molecular complexity index is 978.